The van der Waals surface area contributed by atoms with E-state index in [9.17, 15) is 19.2 Å². The van der Waals surface area contributed by atoms with Crippen LogP contribution in [0.25, 0.3) is 0 Å². The van der Waals surface area contributed by atoms with E-state index in [4.69, 9.17) is 27.9 Å². The van der Waals surface area contributed by atoms with Crippen LogP contribution in [0.4, 0.5) is 11.4 Å². The lowest BCUT2D eigenvalue weighted by molar-refractivity contribution is -0.139. The first-order valence-corrected chi connectivity index (χ1v) is 12.4. The van der Waals surface area contributed by atoms with Crippen molar-refractivity contribution in [2.45, 2.75) is 13.3 Å². The molecule has 0 saturated carbocycles. The highest BCUT2D eigenvalue weighted by atomic mass is 79.9. The molecule has 0 radical (unpaired) electrons. The van der Waals surface area contributed by atoms with Crippen LogP contribution >= 0.6 is 39.1 Å². The maximum Gasteiger partial charge on any atom is 0.316 e. The Labute approximate surface area is 224 Å². The van der Waals surface area contributed by atoms with Crippen LogP contribution in [0.3, 0.4) is 0 Å². The molecule has 5 rings (SSSR count). The average Bonchev–Trinajstić information content (AvgIpc) is 3.33. The van der Waals surface area contributed by atoms with Gasteiger partial charge >= 0.3 is 5.97 Å². The van der Waals surface area contributed by atoms with Crippen LogP contribution in [0.2, 0.25) is 10.0 Å². The highest BCUT2D eigenvalue weighted by Gasteiger charge is 2.39. The van der Waals surface area contributed by atoms with E-state index in [2.05, 4.69) is 15.9 Å². The predicted octanol–water partition coefficient (Wildman–Crippen LogP) is 5.82. The molecule has 10 heteroatoms. The normalized spacial score (nSPS) is 17.1. The highest BCUT2D eigenvalue weighted by Crippen LogP contribution is 2.36. The van der Waals surface area contributed by atoms with Gasteiger partial charge in [-0.1, -0.05) is 39.1 Å². The Balaban J connectivity index is 1.31. The van der Waals surface area contributed by atoms with Crippen molar-refractivity contribution in [1.82, 2.24) is 0 Å². The zero-order valence-electron chi connectivity index (χ0n) is 18.8. The number of nitrogens with zero attached hydrogens (tertiary/aromatic N) is 2. The summed E-state index contributed by atoms with van der Waals surface area (Å²) in [7, 11) is 0. The summed E-state index contributed by atoms with van der Waals surface area (Å²) >= 11 is 15.6. The Hall–Kier alpha value is -3.20. The Morgan fingerprint density at radius 3 is 2.44 bits per heavy atom. The zero-order chi connectivity index (χ0) is 25.7. The van der Waals surface area contributed by atoms with Crippen molar-refractivity contribution in [3.63, 3.8) is 0 Å². The second kappa shape index (κ2) is 9.35. The number of esters is 1. The van der Waals surface area contributed by atoms with E-state index in [0.29, 0.717) is 42.6 Å². The molecule has 36 heavy (non-hydrogen) atoms. The van der Waals surface area contributed by atoms with Crippen molar-refractivity contribution in [3.8, 4) is 5.75 Å². The molecule has 3 aromatic carbocycles. The molecule has 1 saturated heterocycles. The molecule has 2 aliphatic rings. The van der Waals surface area contributed by atoms with Crippen LogP contribution in [0.1, 0.15) is 32.7 Å². The molecule has 0 aromatic heterocycles. The second-order valence-electron chi connectivity index (χ2n) is 8.51. The number of amides is 3. The minimum absolute atomic E-state index is 0.0245. The van der Waals surface area contributed by atoms with Gasteiger partial charge in [-0.3, -0.25) is 19.2 Å². The number of rotatable bonds is 4. The first-order valence-electron chi connectivity index (χ1n) is 10.9. The summed E-state index contributed by atoms with van der Waals surface area (Å²) in [5.41, 5.74) is 2.06. The molecule has 0 aliphatic carbocycles. The third kappa shape index (κ3) is 4.30. The summed E-state index contributed by atoms with van der Waals surface area (Å²) in [6.07, 6.45) is -0.0245. The first kappa shape index (κ1) is 24.5. The lowest BCUT2D eigenvalue weighted by atomic mass is 10.1. The van der Waals surface area contributed by atoms with Crippen LogP contribution in [-0.4, -0.2) is 30.2 Å². The fraction of sp³-hybridized carbons (Fsp3) is 0.154. The van der Waals surface area contributed by atoms with E-state index >= 15 is 0 Å². The molecule has 182 valence electrons. The molecule has 0 spiro atoms. The minimum atomic E-state index is -0.692. The maximum absolute atomic E-state index is 12.9. The first-order chi connectivity index (χ1) is 17.1. The number of fused-ring (bicyclic) bond motifs is 1. The molecular formula is C26H17BrCl2N2O5. The number of ether oxygens (including phenoxy) is 1. The highest BCUT2D eigenvalue weighted by molar-refractivity contribution is 9.10. The van der Waals surface area contributed by atoms with Gasteiger partial charge in [-0.05, 0) is 67.1 Å². The Bertz CT molecular complexity index is 1470. The number of halogens is 3. The second-order valence-corrected chi connectivity index (χ2v) is 10.3. The van der Waals surface area contributed by atoms with E-state index in [0.717, 1.165) is 4.90 Å². The molecular weight excluding hydrogens is 571 g/mol. The van der Waals surface area contributed by atoms with Crippen LogP contribution in [-0.2, 0) is 9.59 Å². The van der Waals surface area contributed by atoms with Gasteiger partial charge in [0.2, 0.25) is 5.91 Å². The summed E-state index contributed by atoms with van der Waals surface area (Å²) < 4.78 is 6.24. The maximum atomic E-state index is 12.9. The Kier molecular flexibility index (Phi) is 6.36. The van der Waals surface area contributed by atoms with E-state index in [1.165, 1.54) is 11.0 Å². The van der Waals surface area contributed by atoms with Gasteiger partial charge in [0.05, 0.1) is 33.4 Å². The molecule has 2 heterocycles. The van der Waals surface area contributed by atoms with E-state index < -0.39 is 23.7 Å². The summed E-state index contributed by atoms with van der Waals surface area (Å²) in [6.45, 7) is 1.83. The van der Waals surface area contributed by atoms with Crippen LogP contribution in [0, 0.1) is 12.8 Å². The average molecular weight is 588 g/mol. The van der Waals surface area contributed by atoms with Crippen molar-refractivity contribution in [3.05, 3.63) is 85.8 Å². The van der Waals surface area contributed by atoms with Gasteiger partial charge in [0.15, 0.2) is 0 Å². The number of hydrogen-bond acceptors (Lipinski definition) is 5. The van der Waals surface area contributed by atoms with Crippen molar-refractivity contribution in [1.29, 1.82) is 0 Å². The third-order valence-corrected chi connectivity index (χ3v) is 7.18. The molecule has 0 N–H and O–H groups in total. The molecule has 1 fully saturated rings. The molecule has 3 amide bonds. The fourth-order valence-corrected chi connectivity index (χ4v) is 5.11. The van der Waals surface area contributed by atoms with Gasteiger partial charge in [-0.2, -0.15) is 0 Å². The molecule has 2 aliphatic heterocycles. The van der Waals surface area contributed by atoms with Gasteiger partial charge in [-0.25, -0.2) is 4.90 Å². The SMILES string of the molecule is Cc1cc(OC(=O)[C@@H]2CC(=O)N(c3cc(Cl)ccc3Cl)C2)ccc1N1C(=O)c2ccc(Br)cc2C1=O. The van der Waals surface area contributed by atoms with Gasteiger partial charge in [0, 0.05) is 22.5 Å². The number of hydrogen-bond donors (Lipinski definition) is 0. The Morgan fingerprint density at radius 2 is 1.69 bits per heavy atom. The number of carbonyl (C=O) groups is 4. The number of carbonyl (C=O) groups excluding carboxylic acids is 4. The topological polar surface area (TPSA) is 84.0 Å². The number of imide groups is 1. The minimum Gasteiger partial charge on any atom is -0.426 e. The summed E-state index contributed by atoms with van der Waals surface area (Å²) in [5, 5.41) is 0.781. The lowest BCUT2D eigenvalue weighted by Gasteiger charge is -2.19. The summed E-state index contributed by atoms with van der Waals surface area (Å²) in [5.74, 6) is -2.12. The van der Waals surface area contributed by atoms with Crippen molar-refractivity contribution in [2.24, 2.45) is 5.92 Å². The van der Waals surface area contributed by atoms with Crippen LogP contribution in [0.5, 0.6) is 5.75 Å². The molecule has 3 aromatic rings. The number of benzene rings is 3. The summed E-state index contributed by atoms with van der Waals surface area (Å²) in [6, 6.07) is 14.4. The van der Waals surface area contributed by atoms with Gasteiger partial charge in [0.1, 0.15) is 5.75 Å². The smallest absolute Gasteiger partial charge is 0.316 e. The number of aryl methyl sites for hydroxylation is 1. The molecule has 1 atom stereocenters. The monoisotopic (exact) mass is 586 g/mol. The fourth-order valence-electron chi connectivity index (χ4n) is 4.36. The quantitative estimate of drug-likeness (QED) is 0.218. The third-order valence-electron chi connectivity index (χ3n) is 6.13. The van der Waals surface area contributed by atoms with Gasteiger partial charge in [-0.15, -0.1) is 0 Å². The molecule has 0 unspecified atom stereocenters. The number of anilines is 2. The summed E-state index contributed by atoms with van der Waals surface area (Å²) in [4.78, 5) is 53.7. The van der Waals surface area contributed by atoms with Crippen LogP contribution in [0.15, 0.2) is 59.1 Å². The molecule has 7 nitrogen and oxygen atoms in total. The Morgan fingerprint density at radius 1 is 0.944 bits per heavy atom. The van der Waals surface area contributed by atoms with E-state index in [-0.39, 0.29) is 24.6 Å². The van der Waals surface area contributed by atoms with Crippen molar-refractivity contribution < 1.29 is 23.9 Å². The van der Waals surface area contributed by atoms with Crippen molar-refractivity contribution in [2.75, 3.05) is 16.3 Å². The van der Waals surface area contributed by atoms with Crippen molar-refractivity contribution >= 4 is 74.2 Å². The van der Waals surface area contributed by atoms with Gasteiger partial charge in [0.25, 0.3) is 11.8 Å². The van der Waals surface area contributed by atoms with E-state index in [1.54, 1.807) is 55.5 Å². The van der Waals surface area contributed by atoms with Crippen LogP contribution < -0.4 is 14.5 Å². The standard InChI is InChI=1S/C26H17BrCl2N2O5/c1-13-8-17(4-7-21(13)31-24(33)18-5-2-15(27)10-19(18)25(31)34)36-26(35)14-9-23(32)30(12-14)22-11-16(28)3-6-20(22)29/h2-8,10-11,14H,9,12H2,1H3/t14-/m1/s1. The molecule has 0 bridgehead atoms. The van der Waals surface area contributed by atoms with Gasteiger partial charge < -0.3 is 9.64 Å². The van der Waals surface area contributed by atoms with E-state index in [1.807, 2.05) is 0 Å². The largest absolute Gasteiger partial charge is 0.426 e. The zero-order valence-corrected chi connectivity index (χ0v) is 21.9. The lowest BCUT2D eigenvalue weighted by Crippen LogP contribution is -2.30. The predicted molar refractivity (Wildman–Crippen MR) is 139 cm³/mol.